The Bertz CT molecular complexity index is 1220. The Kier molecular flexibility index (Phi) is 8.56. The fourth-order valence-corrected chi connectivity index (χ4v) is 5.07. The average Bonchev–Trinajstić information content (AvgIpc) is 2.85. The van der Waals surface area contributed by atoms with Crippen molar-refractivity contribution in [2.75, 3.05) is 23.7 Å². The third-order valence-electron chi connectivity index (χ3n) is 5.11. The summed E-state index contributed by atoms with van der Waals surface area (Å²) in [7, 11) is -3.58. The Morgan fingerprint density at radius 1 is 0.706 bits per heavy atom. The lowest BCUT2D eigenvalue weighted by molar-refractivity contribution is 0.101. The van der Waals surface area contributed by atoms with Crippen LogP contribution in [-0.2, 0) is 10.0 Å². The van der Waals surface area contributed by atoms with Crippen molar-refractivity contribution in [1.29, 1.82) is 0 Å². The van der Waals surface area contributed by atoms with Gasteiger partial charge in [0.25, 0.3) is 11.8 Å². The van der Waals surface area contributed by atoms with E-state index in [2.05, 4.69) is 10.6 Å². The van der Waals surface area contributed by atoms with Gasteiger partial charge >= 0.3 is 0 Å². The number of anilines is 2. The molecule has 0 fully saturated rings. The van der Waals surface area contributed by atoms with E-state index in [1.54, 1.807) is 60.7 Å². The van der Waals surface area contributed by atoms with Gasteiger partial charge in [-0.25, -0.2) is 8.42 Å². The topological polar surface area (TPSA) is 95.6 Å². The van der Waals surface area contributed by atoms with Gasteiger partial charge in [0.1, 0.15) is 0 Å². The molecule has 7 nitrogen and oxygen atoms in total. The van der Waals surface area contributed by atoms with Gasteiger partial charge in [-0.2, -0.15) is 4.31 Å². The molecule has 0 saturated heterocycles. The highest BCUT2D eigenvalue weighted by Crippen LogP contribution is 2.20. The molecule has 0 aliphatic rings. The van der Waals surface area contributed by atoms with Gasteiger partial charge in [-0.05, 0) is 67.4 Å². The van der Waals surface area contributed by atoms with E-state index < -0.39 is 10.0 Å². The van der Waals surface area contributed by atoms with Crippen molar-refractivity contribution in [3.63, 3.8) is 0 Å². The lowest BCUT2D eigenvalue weighted by Crippen LogP contribution is -2.32. The normalized spacial score (nSPS) is 11.3. The third-order valence-corrected chi connectivity index (χ3v) is 7.03. The molecule has 3 aromatic rings. The van der Waals surface area contributed by atoms with Gasteiger partial charge in [-0.15, -0.1) is 0 Å². The Labute approximate surface area is 200 Å². The Balaban J connectivity index is 1.69. The minimum atomic E-state index is -3.58. The Morgan fingerprint density at radius 2 is 1.26 bits per heavy atom. The SMILES string of the molecule is CCCN(CCC)S(=O)(=O)c1ccc(NC(=O)c2cccc(NC(=O)c3ccccc3)c2)cc1. The van der Waals surface area contributed by atoms with Gasteiger partial charge in [-0.3, -0.25) is 9.59 Å². The quantitative estimate of drug-likeness (QED) is 0.428. The summed E-state index contributed by atoms with van der Waals surface area (Å²) in [5.74, 6) is -0.639. The predicted octanol–water partition coefficient (Wildman–Crippen LogP) is 5.00. The highest BCUT2D eigenvalue weighted by molar-refractivity contribution is 7.89. The number of nitrogens with one attached hydrogen (secondary N) is 2. The molecule has 0 aliphatic heterocycles. The summed E-state index contributed by atoms with van der Waals surface area (Å²) >= 11 is 0. The van der Waals surface area contributed by atoms with Crippen LogP contribution in [0.25, 0.3) is 0 Å². The van der Waals surface area contributed by atoms with Crippen LogP contribution in [0.5, 0.6) is 0 Å². The molecule has 0 radical (unpaired) electrons. The van der Waals surface area contributed by atoms with E-state index in [0.717, 1.165) is 12.8 Å². The monoisotopic (exact) mass is 479 g/mol. The first kappa shape index (κ1) is 25.1. The molecule has 0 saturated carbocycles. The molecule has 0 aliphatic carbocycles. The summed E-state index contributed by atoms with van der Waals surface area (Å²) in [6, 6.07) is 21.6. The van der Waals surface area contributed by atoms with Gasteiger partial charge in [0.2, 0.25) is 10.0 Å². The van der Waals surface area contributed by atoms with Gasteiger partial charge in [0.05, 0.1) is 4.90 Å². The lowest BCUT2D eigenvalue weighted by atomic mass is 10.1. The Morgan fingerprint density at radius 3 is 1.88 bits per heavy atom. The van der Waals surface area contributed by atoms with E-state index in [4.69, 9.17) is 0 Å². The van der Waals surface area contributed by atoms with Crippen LogP contribution in [0.2, 0.25) is 0 Å². The highest BCUT2D eigenvalue weighted by atomic mass is 32.2. The van der Waals surface area contributed by atoms with Crippen LogP contribution in [0.3, 0.4) is 0 Å². The van der Waals surface area contributed by atoms with E-state index in [9.17, 15) is 18.0 Å². The Hall–Kier alpha value is -3.49. The molecule has 8 heteroatoms. The first-order valence-electron chi connectivity index (χ1n) is 11.2. The van der Waals surface area contributed by atoms with Gasteiger partial charge < -0.3 is 10.6 Å². The summed E-state index contributed by atoms with van der Waals surface area (Å²) in [6.45, 7) is 4.81. The van der Waals surface area contributed by atoms with Crippen molar-refractivity contribution in [3.8, 4) is 0 Å². The van der Waals surface area contributed by atoms with Crippen molar-refractivity contribution in [2.45, 2.75) is 31.6 Å². The number of nitrogens with zero attached hydrogens (tertiary/aromatic N) is 1. The summed E-state index contributed by atoms with van der Waals surface area (Å²) in [5.41, 5.74) is 1.85. The first-order valence-corrected chi connectivity index (χ1v) is 12.7. The van der Waals surface area contributed by atoms with Crippen molar-refractivity contribution < 1.29 is 18.0 Å². The summed E-state index contributed by atoms with van der Waals surface area (Å²) in [6.07, 6.45) is 1.47. The lowest BCUT2D eigenvalue weighted by Gasteiger charge is -2.21. The maximum absolute atomic E-state index is 12.9. The zero-order valence-electron chi connectivity index (χ0n) is 19.3. The number of carbonyl (C=O) groups is 2. The number of amides is 2. The van der Waals surface area contributed by atoms with Crippen molar-refractivity contribution in [3.05, 3.63) is 90.0 Å². The van der Waals surface area contributed by atoms with Crippen LogP contribution >= 0.6 is 0 Å². The maximum Gasteiger partial charge on any atom is 0.255 e. The van der Waals surface area contributed by atoms with Crippen LogP contribution in [0, 0.1) is 0 Å². The second-order valence-corrected chi connectivity index (χ2v) is 9.72. The molecule has 0 heterocycles. The van der Waals surface area contributed by atoms with E-state index >= 15 is 0 Å². The zero-order valence-corrected chi connectivity index (χ0v) is 20.1. The number of hydrogen-bond donors (Lipinski definition) is 2. The second-order valence-electron chi connectivity index (χ2n) is 7.78. The molecule has 2 amide bonds. The minimum Gasteiger partial charge on any atom is -0.322 e. The molecule has 0 atom stereocenters. The van der Waals surface area contributed by atoms with Gasteiger partial charge in [0, 0.05) is 35.6 Å². The van der Waals surface area contributed by atoms with Crippen molar-refractivity contribution in [2.24, 2.45) is 0 Å². The highest BCUT2D eigenvalue weighted by Gasteiger charge is 2.23. The third kappa shape index (κ3) is 6.30. The molecule has 2 N–H and O–H groups in total. The predicted molar refractivity (Wildman–Crippen MR) is 135 cm³/mol. The van der Waals surface area contributed by atoms with Crippen molar-refractivity contribution in [1.82, 2.24) is 4.31 Å². The summed E-state index contributed by atoms with van der Waals surface area (Å²) in [5, 5.41) is 5.55. The number of carbonyl (C=O) groups excluding carboxylic acids is 2. The molecular weight excluding hydrogens is 450 g/mol. The molecule has 178 valence electrons. The molecular formula is C26H29N3O4S. The van der Waals surface area contributed by atoms with E-state index in [-0.39, 0.29) is 16.7 Å². The minimum absolute atomic E-state index is 0.193. The van der Waals surface area contributed by atoms with E-state index in [1.165, 1.54) is 16.4 Å². The molecule has 0 aromatic heterocycles. The van der Waals surface area contributed by atoms with E-state index in [1.807, 2.05) is 19.9 Å². The average molecular weight is 480 g/mol. The zero-order chi connectivity index (χ0) is 24.6. The molecule has 0 unspecified atom stereocenters. The largest absolute Gasteiger partial charge is 0.322 e. The van der Waals surface area contributed by atoms with Gasteiger partial charge in [0.15, 0.2) is 0 Å². The number of benzene rings is 3. The number of hydrogen-bond acceptors (Lipinski definition) is 4. The molecule has 3 rings (SSSR count). The fraction of sp³-hybridized carbons (Fsp3) is 0.231. The molecule has 0 bridgehead atoms. The van der Waals surface area contributed by atoms with Crippen molar-refractivity contribution >= 4 is 33.2 Å². The van der Waals surface area contributed by atoms with Crippen LogP contribution in [-0.4, -0.2) is 37.6 Å². The smallest absolute Gasteiger partial charge is 0.255 e. The van der Waals surface area contributed by atoms with E-state index in [0.29, 0.717) is 35.6 Å². The standard InChI is InChI=1S/C26H29N3O4S/c1-3-17-29(18-4-2)34(32,33)24-15-13-22(14-16-24)27-26(31)21-11-8-12-23(19-21)28-25(30)20-9-6-5-7-10-20/h5-16,19H,3-4,17-18H2,1-2H3,(H,27,31)(H,28,30). The second kappa shape index (κ2) is 11.6. The summed E-state index contributed by atoms with van der Waals surface area (Å²) in [4.78, 5) is 25.3. The maximum atomic E-state index is 12.9. The number of sulfonamides is 1. The molecule has 34 heavy (non-hydrogen) atoms. The number of rotatable bonds is 10. The fourth-order valence-electron chi connectivity index (χ4n) is 3.44. The van der Waals surface area contributed by atoms with Crippen LogP contribution < -0.4 is 10.6 Å². The molecule has 0 spiro atoms. The first-order chi connectivity index (χ1) is 16.3. The van der Waals surface area contributed by atoms with Gasteiger partial charge in [-0.1, -0.05) is 38.1 Å². The van der Waals surface area contributed by atoms with Crippen LogP contribution in [0.4, 0.5) is 11.4 Å². The summed E-state index contributed by atoms with van der Waals surface area (Å²) < 4.78 is 27.3. The molecule has 3 aromatic carbocycles. The van der Waals surface area contributed by atoms with Crippen LogP contribution in [0.15, 0.2) is 83.8 Å². The van der Waals surface area contributed by atoms with Crippen LogP contribution in [0.1, 0.15) is 47.4 Å².